The van der Waals surface area contributed by atoms with Crippen molar-refractivity contribution in [2.75, 3.05) is 26.2 Å². The van der Waals surface area contributed by atoms with Crippen LogP contribution in [-0.4, -0.2) is 48.1 Å². The lowest BCUT2D eigenvalue weighted by Crippen LogP contribution is -2.51. The Morgan fingerprint density at radius 2 is 2.00 bits per heavy atom. The Hall–Kier alpha value is -2.54. The second kappa shape index (κ2) is 9.53. The van der Waals surface area contributed by atoms with Crippen LogP contribution in [0.15, 0.2) is 22.7 Å². The first-order valence-corrected chi connectivity index (χ1v) is 11.7. The van der Waals surface area contributed by atoms with E-state index in [1.807, 2.05) is 4.90 Å². The van der Waals surface area contributed by atoms with Crippen LogP contribution in [0.1, 0.15) is 70.7 Å². The third kappa shape index (κ3) is 4.77. The Bertz CT molecular complexity index is 986. The number of aryl methyl sites for hydroxylation is 2. The van der Waals surface area contributed by atoms with Gasteiger partial charge in [-0.3, -0.25) is 9.59 Å². The summed E-state index contributed by atoms with van der Waals surface area (Å²) in [4.78, 5) is 28.2. The Labute approximate surface area is 193 Å². The summed E-state index contributed by atoms with van der Waals surface area (Å²) in [5.41, 5.74) is 1.46. The van der Waals surface area contributed by atoms with Gasteiger partial charge in [-0.2, -0.15) is 0 Å². The number of carbonyl (C=O) groups is 2. The molecule has 3 heterocycles. The van der Waals surface area contributed by atoms with Crippen LogP contribution in [0.25, 0.3) is 0 Å². The van der Waals surface area contributed by atoms with Crippen molar-refractivity contribution in [2.24, 2.45) is 5.41 Å². The zero-order valence-corrected chi connectivity index (χ0v) is 19.5. The molecule has 1 fully saturated rings. The molecule has 8 heteroatoms. The SMILES string of the molecule is Cc1noc(C)c1C(=O)N1CCCC2(CCCCCOc3ccc(Cl)cc3C(=O)NC2)C1. The number of carbonyl (C=O) groups excluding carboxylic acids is 2. The van der Waals surface area contributed by atoms with Crippen LogP contribution in [0.2, 0.25) is 5.02 Å². The van der Waals surface area contributed by atoms with E-state index in [1.165, 1.54) is 0 Å². The van der Waals surface area contributed by atoms with Crippen LogP contribution in [0, 0.1) is 19.3 Å². The van der Waals surface area contributed by atoms with Crippen LogP contribution < -0.4 is 10.1 Å². The lowest BCUT2D eigenvalue weighted by Gasteiger charge is -2.43. The largest absolute Gasteiger partial charge is 0.493 e. The fourth-order valence-electron chi connectivity index (χ4n) is 4.89. The van der Waals surface area contributed by atoms with Crippen molar-refractivity contribution in [3.63, 3.8) is 0 Å². The summed E-state index contributed by atoms with van der Waals surface area (Å²) in [5.74, 6) is 0.868. The molecule has 2 aliphatic rings. The minimum atomic E-state index is -0.198. The third-order valence-electron chi connectivity index (χ3n) is 6.62. The van der Waals surface area contributed by atoms with E-state index in [9.17, 15) is 9.59 Å². The molecule has 1 aromatic carbocycles. The van der Waals surface area contributed by atoms with Crippen molar-refractivity contribution in [1.82, 2.24) is 15.4 Å². The molecule has 0 aliphatic carbocycles. The number of halogens is 1. The van der Waals surface area contributed by atoms with E-state index < -0.39 is 0 Å². The van der Waals surface area contributed by atoms with Gasteiger partial charge in [0, 0.05) is 30.1 Å². The molecule has 1 unspecified atom stereocenters. The Morgan fingerprint density at radius 1 is 1.19 bits per heavy atom. The van der Waals surface area contributed by atoms with Crippen LogP contribution >= 0.6 is 11.6 Å². The first-order valence-electron chi connectivity index (χ1n) is 11.3. The molecule has 32 heavy (non-hydrogen) atoms. The number of benzene rings is 1. The van der Waals surface area contributed by atoms with Crippen LogP contribution in [-0.2, 0) is 0 Å². The molecule has 1 atom stereocenters. The van der Waals surface area contributed by atoms with Crippen LogP contribution in [0.5, 0.6) is 5.75 Å². The zero-order valence-electron chi connectivity index (χ0n) is 18.7. The Kier molecular flexibility index (Phi) is 6.74. The number of amides is 2. The number of ether oxygens (including phenoxy) is 1. The average Bonchev–Trinajstić information content (AvgIpc) is 3.12. The minimum absolute atomic E-state index is 0.0386. The first kappa shape index (κ1) is 22.6. The van der Waals surface area contributed by atoms with E-state index >= 15 is 0 Å². The number of piperidine rings is 1. The maximum absolute atomic E-state index is 13.3. The highest BCUT2D eigenvalue weighted by Gasteiger charge is 2.38. The van der Waals surface area contributed by atoms with Gasteiger partial charge >= 0.3 is 0 Å². The Morgan fingerprint density at radius 3 is 2.78 bits per heavy atom. The molecule has 7 nitrogen and oxygen atoms in total. The van der Waals surface area contributed by atoms with Gasteiger partial charge in [0.2, 0.25) is 0 Å². The standard InChI is InChI=1S/C24H30ClN3O4/c1-16-21(17(2)32-27-16)23(30)28-11-6-10-24(15-28)9-4-3-5-12-31-20-8-7-18(25)13-19(20)22(29)26-14-24/h7-8,13H,3-6,9-12,14-15H2,1-2H3,(H,26,29). The molecule has 172 valence electrons. The summed E-state index contributed by atoms with van der Waals surface area (Å²) in [6.45, 7) is 5.94. The molecule has 1 spiro atoms. The number of rotatable bonds is 1. The molecule has 2 aliphatic heterocycles. The van der Waals surface area contributed by atoms with Crippen molar-refractivity contribution in [1.29, 1.82) is 0 Å². The minimum Gasteiger partial charge on any atom is -0.493 e. The van der Waals surface area contributed by atoms with Gasteiger partial charge in [-0.15, -0.1) is 0 Å². The smallest absolute Gasteiger partial charge is 0.259 e. The summed E-state index contributed by atoms with van der Waals surface area (Å²) in [6, 6.07) is 5.14. The molecule has 0 bridgehead atoms. The van der Waals surface area contributed by atoms with Gasteiger partial charge < -0.3 is 19.5 Å². The van der Waals surface area contributed by atoms with Crippen molar-refractivity contribution in [3.05, 3.63) is 45.8 Å². The molecular formula is C24H30ClN3O4. The van der Waals surface area contributed by atoms with Gasteiger partial charge in [0.1, 0.15) is 17.1 Å². The van der Waals surface area contributed by atoms with Gasteiger partial charge in [-0.25, -0.2) is 0 Å². The molecule has 4 rings (SSSR count). The van der Waals surface area contributed by atoms with Crippen LogP contribution in [0.3, 0.4) is 0 Å². The number of nitrogens with one attached hydrogen (secondary N) is 1. The first-order chi connectivity index (χ1) is 15.4. The number of likely N-dealkylation sites (tertiary alicyclic amines) is 1. The second-order valence-corrected chi connectivity index (χ2v) is 9.45. The highest BCUT2D eigenvalue weighted by molar-refractivity contribution is 6.31. The summed E-state index contributed by atoms with van der Waals surface area (Å²) >= 11 is 6.15. The van der Waals surface area contributed by atoms with E-state index in [-0.39, 0.29) is 17.2 Å². The maximum Gasteiger partial charge on any atom is 0.259 e. The van der Waals surface area contributed by atoms with E-state index in [0.717, 1.165) is 38.5 Å². The summed E-state index contributed by atoms with van der Waals surface area (Å²) in [7, 11) is 0. The van der Waals surface area contributed by atoms with E-state index in [4.69, 9.17) is 20.9 Å². The summed E-state index contributed by atoms with van der Waals surface area (Å²) in [5, 5.41) is 7.56. The van der Waals surface area contributed by atoms with E-state index in [2.05, 4.69) is 10.5 Å². The molecule has 1 aromatic heterocycles. The monoisotopic (exact) mass is 459 g/mol. The highest BCUT2D eigenvalue weighted by atomic mass is 35.5. The topological polar surface area (TPSA) is 84.7 Å². The average molecular weight is 460 g/mol. The third-order valence-corrected chi connectivity index (χ3v) is 6.85. The highest BCUT2D eigenvalue weighted by Crippen LogP contribution is 2.36. The van der Waals surface area contributed by atoms with Gasteiger partial charge in [0.15, 0.2) is 0 Å². The molecule has 1 N–H and O–H groups in total. The summed E-state index contributed by atoms with van der Waals surface area (Å²) < 4.78 is 11.1. The fourth-order valence-corrected chi connectivity index (χ4v) is 5.07. The van der Waals surface area contributed by atoms with Crippen molar-refractivity contribution in [3.8, 4) is 5.75 Å². The number of nitrogens with zero attached hydrogens (tertiary/aromatic N) is 2. The predicted octanol–water partition coefficient (Wildman–Crippen LogP) is 4.55. The van der Waals surface area contributed by atoms with E-state index in [1.54, 1.807) is 32.0 Å². The predicted molar refractivity (Wildman–Crippen MR) is 121 cm³/mol. The molecule has 2 aromatic rings. The number of hydrogen-bond donors (Lipinski definition) is 1. The Balaban J connectivity index is 1.56. The number of hydrogen-bond acceptors (Lipinski definition) is 5. The second-order valence-electron chi connectivity index (χ2n) is 9.01. The van der Waals surface area contributed by atoms with Crippen molar-refractivity contribution < 1.29 is 18.8 Å². The molecular weight excluding hydrogens is 430 g/mol. The number of aromatic nitrogens is 1. The number of fused-ring (bicyclic) bond motifs is 1. The van der Waals surface area contributed by atoms with E-state index in [0.29, 0.717) is 59.6 Å². The normalized spacial score (nSPS) is 22.3. The van der Waals surface area contributed by atoms with Gasteiger partial charge in [-0.1, -0.05) is 29.6 Å². The zero-order chi connectivity index (χ0) is 22.7. The lowest BCUT2D eigenvalue weighted by atomic mass is 9.75. The summed E-state index contributed by atoms with van der Waals surface area (Å²) in [6.07, 6.45) is 5.80. The molecule has 2 amide bonds. The molecule has 1 saturated heterocycles. The van der Waals surface area contributed by atoms with Crippen molar-refractivity contribution >= 4 is 23.4 Å². The molecule has 0 saturated carbocycles. The van der Waals surface area contributed by atoms with Gasteiger partial charge in [-0.05, 0) is 57.7 Å². The quantitative estimate of drug-likeness (QED) is 0.676. The van der Waals surface area contributed by atoms with Gasteiger partial charge in [0.25, 0.3) is 11.8 Å². The fraction of sp³-hybridized carbons (Fsp3) is 0.542. The van der Waals surface area contributed by atoms with Gasteiger partial charge in [0.05, 0.1) is 17.9 Å². The lowest BCUT2D eigenvalue weighted by molar-refractivity contribution is 0.0467. The maximum atomic E-state index is 13.3. The molecule has 0 radical (unpaired) electrons. The van der Waals surface area contributed by atoms with Crippen molar-refractivity contribution in [2.45, 2.75) is 52.4 Å². The van der Waals surface area contributed by atoms with Crippen LogP contribution in [0.4, 0.5) is 0 Å².